The van der Waals surface area contributed by atoms with Crippen LogP contribution in [-0.2, 0) is 5.33 Å². The van der Waals surface area contributed by atoms with Crippen molar-refractivity contribution in [1.29, 1.82) is 0 Å². The summed E-state index contributed by atoms with van der Waals surface area (Å²) in [5.41, 5.74) is 3.92. The summed E-state index contributed by atoms with van der Waals surface area (Å²) in [7, 11) is 0. The van der Waals surface area contributed by atoms with Crippen molar-refractivity contribution >= 4 is 66.4 Å². The molecule has 96 valence electrons. The van der Waals surface area contributed by atoms with Gasteiger partial charge in [0.05, 0.1) is 0 Å². The molecule has 0 heterocycles. The van der Waals surface area contributed by atoms with Crippen LogP contribution in [0.25, 0.3) is 11.1 Å². The van der Waals surface area contributed by atoms with Crippen molar-refractivity contribution in [2.24, 2.45) is 0 Å². The van der Waals surface area contributed by atoms with Gasteiger partial charge in [-0.05, 0) is 63.2 Å². The van der Waals surface area contributed by atoms with Gasteiger partial charge in [-0.1, -0.05) is 70.5 Å². The molecule has 18 heavy (non-hydrogen) atoms. The molecule has 2 rings (SSSR count). The van der Waals surface area contributed by atoms with Gasteiger partial charge in [0, 0.05) is 5.33 Å². The first-order valence-corrected chi connectivity index (χ1v) is 13.6. The second-order valence-electron chi connectivity index (χ2n) is 3.35. The molecule has 0 N–H and O–H groups in total. The molecule has 0 bridgehead atoms. The van der Waals surface area contributed by atoms with Crippen LogP contribution in [0, 0.1) is 0 Å². The lowest BCUT2D eigenvalue weighted by atomic mass is 10.0. The van der Waals surface area contributed by atoms with E-state index in [9.17, 15) is 0 Å². The Morgan fingerprint density at radius 1 is 0.778 bits per heavy atom. The molecule has 0 aliphatic carbocycles. The Kier molecular flexibility index (Phi) is 9.04. The number of alkyl halides is 1. The lowest BCUT2D eigenvalue weighted by molar-refractivity contribution is 1.43. The van der Waals surface area contributed by atoms with E-state index >= 15 is 0 Å². The molecule has 0 spiro atoms. The maximum atomic E-state index is 3.51. The minimum Gasteiger partial charge on any atom is -0.0876 e. The van der Waals surface area contributed by atoms with Crippen LogP contribution in [0.2, 0.25) is 0 Å². The van der Waals surface area contributed by atoms with E-state index in [1.807, 2.05) is 6.07 Å². The third-order valence-electron chi connectivity index (χ3n) is 2.25. The van der Waals surface area contributed by atoms with E-state index < -0.39 is 0 Å². The van der Waals surface area contributed by atoms with E-state index in [1.54, 1.807) is 0 Å². The predicted octanol–water partition coefficient (Wildman–Crippen LogP) is 7.65. The molecule has 0 fully saturated rings. The second kappa shape index (κ2) is 9.66. The maximum absolute atomic E-state index is 3.51. The Morgan fingerprint density at radius 3 is 1.83 bits per heavy atom. The van der Waals surface area contributed by atoms with Gasteiger partial charge in [0.1, 0.15) is 4.03 Å². The lowest BCUT2D eigenvalue weighted by Gasteiger charge is -2.06. The van der Waals surface area contributed by atoms with Gasteiger partial charge >= 0.3 is 0 Å². The molecule has 0 atom stereocenters. The summed E-state index contributed by atoms with van der Waals surface area (Å²) < 4.78 is -0.183. The SMILES string of the molecule is BrCc1ccccc1-c1ccccc1.BrP(Br)Br. The van der Waals surface area contributed by atoms with E-state index in [-0.39, 0.29) is 4.03 Å². The monoisotopic (exact) mass is 514 g/mol. The van der Waals surface area contributed by atoms with Gasteiger partial charge in [0.25, 0.3) is 0 Å². The van der Waals surface area contributed by atoms with Gasteiger partial charge in [-0.2, -0.15) is 0 Å². The highest BCUT2D eigenvalue weighted by Crippen LogP contribution is 2.59. The largest absolute Gasteiger partial charge is 0.103 e. The first kappa shape index (κ1) is 16.8. The van der Waals surface area contributed by atoms with Crippen molar-refractivity contribution in [2.45, 2.75) is 5.33 Å². The van der Waals surface area contributed by atoms with Crippen molar-refractivity contribution in [2.75, 3.05) is 0 Å². The van der Waals surface area contributed by atoms with Crippen molar-refractivity contribution in [3.8, 4) is 11.1 Å². The molecule has 5 heteroatoms. The van der Waals surface area contributed by atoms with Gasteiger partial charge < -0.3 is 0 Å². The van der Waals surface area contributed by atoms with E-state index in [2.05, 4.69) is 111 Å². The number of halogens is 4. The minimum absolute atomic E-state index is 0.183. The summed E-state index contributed by atoms with van der Waals surface area (Å²) in [6.07, 6.45) is 0. The van der Waals surface area contributed by atoms with Crippen LogP contribution in [0.3, 0.4) is 0 Å². The molecule has 0 radical (unpaired) electrons. The Hall–Kier alpha value is 0.790. The number of rotatable bonds is 2. The van der Waals surface area contributed by atoms with Crippen LogP contribution in [0.1, 0.15) is 5.56 Å². The second-order valence-corrected chi connectivity index (χ2v) is 19.2. The predicted molar refractivity (Wildman–Crippen MR) is 98.2 cm³/mol. The summed E-state index contributed by atoms with van der Waals surface area (Å²) >= 11 is 13.0. The molecule has 0 aliphatic heterocycles. The molecular formula is C13H11Br4P. The highest BCUT2D eigenvalue weighted by atomic mass is 80.0. The van der Waals surface area contributed by atoms with Gasteiger partial charge in [0.2, 0.25) is 0 Å². The molecule has 0 saturated carbocycles. The van der Waals surface area contributed by atoms with Crippen LogP contribution in [0.4, 0.5) is 0 Å². The quantitative estimate of drug-likeness (QED) is 0.283. The van der Waals surface area contributed by atoms with Gasteiger partial charge in [-0.3, -0.25) is 0 Å². The third kappa shape index (κ3) is 6.29. The standard InChI is InChI=1S/C13H11Br.Br3P/c14-10-12-8-4-5-9-13(12)11-6-2-1-3-7-11;1-4(2)3/h1-9H,10H2;. The van der Waals surface area contributed by atoms with Crippen LogP contribution in [0.5, 0.6) is 0 Å². The fourth-order valence-electron chi connectivity index (χ4n) is 1.54. The summed E-state index contributed by atoms with van der Waals surface area (Å²) in [6, 6.07) is 18.9. The summed E-state index contributed by atoms with van der Waals surface area (Å²) in [4.78, 5) is 0. The molecule has 2 aromatic rings. The van der Waals surface area contributed by atoms with Gasteiger partial charge in [0.15, 0.2) is 0 Å². The molecule has 0 unspecified atom stereocenters. The number of benzene rings is 2. The summed E-state index contributed by atoms with van der Waals surface area (Å²) in [5.74, 6) is 0. The Balaban J connectivity index is 0.000000357. The van der Waals surface area contributed by atoms with E-state index in [0.29, 0.717) is 0 Å². The molecule has 0 nitrogen and oxygen atoms in total. The third-order valence-corrected chi connectivity index (χ3v) is 2.85. The highest BCUT2D eigenvalue weighted by Gasteiger charge is 2.01. The van der Waals surface area contributed by atoms with E-state index in [0.717, 1.165) is 5.33 Å². The molecule has 2 aromatic carbocycles. The van der Waals surface area contributed by atoms with Gasteiger partial charge in [-0.25, -0.2) is 0 Å². The van der Waals surface area contributed by atoms with Gasteiger partial charge in [-0.15, -0.1) is 0 Å². The zero-order valence-corrected chi connectivity index (χ0v) is 16.6. The van der Waals surface area contributed by atoms with Crippen LogP contribution in [0.15, 0.2) is 54.6 Å². The Labute approximate surface area is 142 Å². The summed E-state index contributed by atoms with van der Waals surface area (Å²) in [6.45, 7) is 0. The van der Waals surface area contributed by atoms with Crippen molar-refractivity contribution < 1.29 is 0 Å². The maximum Gasteiger partial charge on any atom is 0.103 e. The molecule has 0 saturated heterocycles. The average molecular weight is 518 g/mol. The van der Waals surface area contributed by atoms with Crippen molar-refractivity contribution in [3.63, 3.8) is 0 Å². The van der Waals surface area contributed by atoms with Crippen LogP contribution in [-0.4, -0.2) is 0 Å². The number of hydrogen-bond donors (Lipinski definition) is 0. The average Bonchev–Trinajstić information content (AvgIpc) is 2.39. The zero-order chi connectivity index (χ0) is 13.4. The van der Waals surface area contributed by atoms with Crippen molar-refractivity contribution in [3.05, 3.63) is 60.2 Å². The summed E-state index contributed by atoms with van der Waals surface area (Å²) in [5, 5.41) is 0.901. The fraction of sp³-hybridized carbons (Fsp3) is 0.0769. The topological polar surface area (TPSA) is 0 Å². The smallest absolute Gasteiger partial charge is 0.0876 e. The first-order valence-electron chi connectivity index (χ1n) is 5.12. The molecule has 0 amide bonds. The van der Waals surface area contributed by atoms with Crippen molar-refractivity contribution in [1.82, 2.24) is 0 Å². The highest BCUT2D eigenvalue weighted by molar-refractivity contribution is 9.93. The molecular weight excluding hydrogens is 507 g/mol. The van der Waals surface area contributed by atoms with Crippen LogP contribution < -0.4 is 0 Å². The Morgan fingerprint density at radius 2 is 1.28 bits per heavy atom. The van der Waals surface area contributed by atoms with E-state index in [4.69, 9.17) is 0 Å². The minimum atomic E-state index is -0.183. The zero-order valence-electron chi connectivity index (χ0n) is 9.36. The fourth-order valence-corrected chi connectivity index (χ4v) is 2.03. The molecule has 0 aliphatic rings. The molecule has 0 aromatic heterocycles. The number of hydrogen-bond acceptors (Lipinski definition) is 0. The Bertz CT molecular complexity index is 457. The first-order chi connectivity index (χ1) is 8.65. The van der Waals surface area contributed by atoms with Crippen LogP contribution >= 0.6 is 66.4 Å². The lowest BCUT2D eigenvalue weighted by Crippen LogP contribution is -1.84. The van der Waals surface area contributed by atoms with E-state index in [1.165, 1.54) is 16.7 Å². The normalized spacial score (nSPS) is 9.83.